The lowest BCUT2D eigenvalue weighted by Gasteiger charge is -2.10. The number of ether oxygens (including phenoxy) is 1. The molecule has 0 heterocycles. The van der Waals surface area contributed by atoms with Crippen LogP contribution < -0.4 is 10.6 Å². The molecule has 0 rings (SSSR count). The van der Waals surface area contributed by atoms with Crippen LogP contribution in [0.1, 0.15) is 34.1 Å². The van der Waals surface area contributed by atoms with Crippen molar-refractivity contribution in [3.63, 3.8) is 0 Å². The standard InChI is InChI=1S/C11H24N2O2/c1-9(2)12-6-5-11(14)13-7-8-15-10(3)4/h9-10,12H,5-8H2,1-4H3,(H,13,14). The summed E-state index contributed by atoms with van der Waals surface area (Å²) in [5, 5.41) is 6.00. The van der Waals surface area contributed by atoms with E-state index < -0.39 is 0 Å². The first-order valence-corrected chi connectivity index (χ1v) is 5.64. The molecule has 90 valence electrons. The Morgan fingerprint density at radius 2 is 1.87 bits per heavy atom. The molecule has 0 saturated heterocycles. The summed E-state index contributed by atoms with van der Waals surface area (Å²) in [5.41, 5.74) is 0. The molecule has 0 radical (unpaired) electrons. The average molecular weight is 216 g/mol. The predicted octanol–water partition coefficient (Wildman–Crippen LogP) is 0.916. The van der Waals surface area contributed by atoms with Crippen molar-refractivity contribution in [1.82, 2.24) is 10.6 Å². The molecule has 1 amide bonds. The summed E-state index contributed by atoms with van der Waals surface area (Å²) in [7, 11) is 0. The SMILES string of the molecule is CC(C)NCCC(=O)NCCOC(C)C. The van der Waals surface area contributed by atoms with Gasteiger partial charge in [-0.25, -0.2) is 0 Å². The van der Waals surface area contributed by atoms with Gasteiger partial charge in [0.05, 0.1) is 12.7 Å². The Morgan fingerprint density at radius 1 is 1.20 bits per heavy atom. The van der Waals surface area contributed by atoms with Gasteiger partial charge < -0.3 is 15.4 Å². The van der Waals surface area contributed by atoms with Crippen LogP contribution in [0.5, 0.6) is 0 Å². The minimum atomic E-state index is 0.0792. The Kier molecular flexibility index (Phi) is 8.33. The molecule has 4 heteroatoms. The predicted molar refractivity (Wildman–Crippen MR) is 61.9 cm³/mol. The molecule has 15 heavy (non-hydrogen) atoms. The fraction of sp³-hybridized carbons (Fsp3) is 0.909. The van der Waals surface area contributed by atoms with E-state index >= 15 is 0 Å². The molecule has 0 saturated carbocycles. The molecule has 0 aliphatic rings. The van der Waals surface area contributed by atoms with Gasteiger partial charge in [-0.2, -0.15) is 0 Å². The van der Waals surface area contributed by atoms with Crippen LogP contribution in [0.3, 0.4) is 0 Å². The van der Waals surface area contributed by atoms with Crippen LogP contribution in [0.15, 0.2) is 0 Å². The van der Waals surface area contributed by atoms with Crippen LogP contribution in [0.25, 0.3) is 0 Å². The number of hydrogen-bond acceptors (Lipinski definition) is 3. The monoisotopic (exact) mass is 216 g/mol. The Hall–Kier alpha value is -0.610. The third-order valence-electron chi connectivity index (χ3n) is 1.78. The van der Waals surface area contributed by atoms with E-state index in [4.69, 9.17) is 4.74 Å². The normalized spacial score (nSPS) is 11.1. The van der Waals surface area contributed by atoms with Crippen molar-refractivity contribution in [2.24, 2.45) is 0 Å². The van der Waals surface area contributed by atoms with Crippen LogP contribution in [0.4, 0.5) is 0 Å². The highest BCUT2D eigenvalue weighted by Crippen LogP contribution is 1.86. The van der Waals surface area contributed by atoms with Gasteiger partial charge in [0.15, 0.2) is 0 Å². The number of carbonyl (C=O) groups excluding carboxylic acids is 1. The van der Waals surface area contributed by atoms with E-state index in [9.17, 15) is 4.79 Å². The first kappa shape index (κ1) is 14.4. The third-order valence-corrected chi connectivity index (χ3v) is 1.78. The summed E-state index contributed by atoms with van der Waals surface area (Å²) in [5.74, 6) is 0.0792. The Bertz CT molecular complexity index is 170. The summed E-state index contributed by atoms with van der Waals surface area (Å²) in [6.45, 7) is 10.00. The molecule has 0 aromatic heterocycles. The fourth-order valence-electron chi connectivity index (χ4n) is 1.05. The molecule has 0 aliphatic heterocycles. The van der Waals surface area contributed by atoms with Crippen molar-refractivity contribution in [2.45, 2.75) is 46.3 Å². The van der Waals surface area contributed by atoms with Gasteiger partial charge >= 0.3 is 0 Å². The maximum absolute atomic E-state index is 11.3. The van der Waals surface area contributed by atoms with E-state index in [0.717, 1.165) is 6.54 Å². The van der Waals surface area contributed by atoms with Gasteiger partial charge in [-0.15, -0.1) is 0 Å². The lowest BCUT2D eigenvalue weighted by molar-refractivity contribution is -0.121. The van der Waals surface area contributed by atoms with Crippen molar-refractivity contribution in [3.05, 3.63) is 0 Å². The summed E-state index contributed by atoms with van der Waals surface area (Å²) in [4.78, 5) is 11.3. The minimum absolute atomic E-state index is 0.0792. The third kappa shape index (κ3) is 11.3. The molecule has 0 aromatic rings. The van der Waals surface area contributed by atoms with E-state index in [-0.39, 0.29) is 12.0 Å². The highest BCUT2D eigenvalue weighted by atomic mass is 16.5. The molecule has 0 spiro atoms. The quantitative estimate of drug-likeness (QED) is 0.593. The zero-order valence-corrected chi connectivity index (χ0v) is 10.3. The van der Waals surface area contributed by atoms with Gasteiger partial charge in [-0.1, -0.05) is 13.8 Å². The zero-order chi connectivity index (χ0) is 11.7. The van der Waals surface area contributed by atoms with E-state index in [1.165, 1.54) is 0 Å². The van der Waals surface area contributed by atoms with Crippen LogP contribution in [-0.2, 0) is 9.53 Å². The molecule has 4 nitrogen and oxygen atoms in total. The van der Waals surface area contributed by atoms with Crippen molar-refractivity contribution < 1.29 is 9.53 Å². The summed E-state index contributed by atoms with van der Waals surface area (Å²) < 4.78 is 5.30. The number of nitrogens with one attached hydrogen (secondary N) is 2. The van der Waals surface area contributed by atoms with Gasteiger partial charge in [0.2, 0.25) is 5.91 Å². The van der Waals surface area contributed by atoms with Gasteiger partial charge in [-0.05, 0) is 13.8 Å². The Labute approximate surface area is 92.8 Å². The van der Waals surface area contributed by atoms with Gasteiger partial charge in [0, 0.05) is 25.6 Å². The molecule has 0 bridgehead atoms. The molecule has 0 aliphatic carbocycles. The molecule has 0 atom stereocenters. The number of carbonyl (C=O) groups is 1. The maximum atomic E-state index is 11.3. The molecule has 0 unspecified atom stereocenters. The lowest BCUT2D eigenvalue weighted by atomic mass is 10.3. The number of hydrogen-bond donors (Lipinski definition) is 2. The molecule has 0 fully saturated rings. The van der Waals surface area contributed by atoms with Crippen LogP contribution in [-0.4, -0.2) is 37.7 Å². The first-order chi connectivity index (χ1) is 7.02. The minimum Gasteiger partial charge on any atom is -0.377 e. The Balaban J connectivity index is 3.26. The lowest BCUT2D eigenvalue weighted by Crippen LogP contribution is -2.32. The van der Waals surface area contributed by atoms with E-state index in [0.29, 0.717) is 25.6 Å². The topological polar surface area (TPSA) is 50.4 Å². The fourth-order valence-corrected chi connectivity index (χ4v) is 1.05. The summed E-state index contributed by atoms with van der Waals surface area (Å²) in [6, 6.07) is 0.432. The zero-order valence-electron chi connectivity index (χ0n) is 10.3. The largest absolute Gasteiger partial charge is 0.377 e. The van der Waals surface area contributed by atoms with Crippen molar-refractivity contribution in [2.75, 3.05) is 19.7 Å². The summed E-state index contributed by atoms with van der Waals surface area (Å²) >= 11 is 0. The second kappa shape index (κ2) is 8.68. The first-order valence-electron chi connectivity index (χ1n) is 5.64. The van der Waals surface area contributed by atoms with Gasteiger partial charge in [0.25, 0.3) is 0 Å². The highest BCUT2D eigenvalue weighted by Gasteiger charge is 2.01. The molecular formula is C11H24N2O2. The van der Waals surface area contributed by atoms with Crippen molar-refractivity contribution in [3.8, 4) is 0 Å². The second-order valence-electron chi connectivity index (χ2n) is 4.13. The number of rotatable bonds is 8. The average Bonchev–Trinajstić information content (AvgIpc) is 2.11. The maximum Gasteiger partial charge on any atom is 0.221 e. The van der Waals surface area contributed by atoms with E-state index in [1.54, 1.807) is 0 Å². The van der Waals surface area contributed by atoms with Crippen LogP contribution >= 0.6 is 0 Å². The van der Waals surface area contributed by atoms with Crippen molar-refractivity contribution in [1.29, 1.82) is 0 Å². The van der Waals surface area contributed by atoms with E-state index in [2.05, 4.69) is 24.5 Å². The van der Waals surface area contributed by atoms with Crippen LogP contribution in [0, 0.1) is 0 Å². The molecular weight excluding hydrogens is 192 g/mol. The second-order valence-corrected chi connectivity index (χ2v) is 4.13. The summed E-state index contributed by atoms with van der Waals surface area (Å²) in [6.07, 6.45) is 0.754. The molecule has 0 aromatic carbocycles. The molecule has 2 N–H and O–H groups in total. The van der Waals surface area contributed by atoms with Crippen LogP contribution in [0.2, 0.25) is 0 Å². The van der Waals surface area contributed by atoms with Gasteiger partial charge in [0.1, 0.15) is 0 Å². The smallest absolute Gasteiger partial charge is 0.221 e. The highest BCUT2D eigenvalue weighted by molar-refractivity contribution is 5.75. The van der Waals surface area contributed by atoms with Crippen molar-refractivity contribution >= 4 is 5.91 Å². The van der Waals surface area contributed by atoms with Gasteiger partial charge in [-0.3, -0.25) is 4.79 Å². The Morgan fingerprint density at radius 3 is 2.40 bits per heavy atom. The van der Waals surface area contributed by atoms with E-state index in [1.807, 2.05) is 13.8 Å². The number of amides is 1.